The molecule has 3 aromatic rings. The third kappa shape index (κ3) is 3.49. The van der Waals surface area contributed by atoms with Crippen LogP contribution in [0.2, 0.25) is 0 Å². The van der Waals surface area contributed by atoms with Gasteiger partial charge < -0.3 is 14.8 Å². The van der Waals surface area contributed by atoms with Gasteiger partial charge in [0.05, 0.1) is 17.6 Å². The van der Waals surface area contributed by atoms with E-state index in [-0.39, 0.29) is 12.3 Å². The molecule has 0 radical (unpaired) electrons. The van der Waals surface area contributed by atoms with Gasteiger partial charge in [0.15, 0.2) is 11.5 Å². The standard InChI is InChI=1S/C21H19BrN2O3/c1-12-14-5-3-4-6-17(14)23-13(2)15(12)9-21(25)24-18-11-20-19(10-16(18)22)26-7-8-27-20/h3-6,10-11H,7-9H2,1-2H3,(H,24,25). The molecular formula is C21H19BrN2O3. The summed E-state index contributed by atoms with van der Waals surface area (Å²) in [6, 6.07) is 11.6. The predicted octanol–water partition coefficient (Wildman–Crippen LogP) is 4.57. The monoisotopic (exact) mass is 426 g/mol. The molecule has 138 valence electrons. The Balaban J connectivity index is 1.59. The maximum Gasteiger partial charge on any atom is 0.228 e. The van der Waals surface area contributed by atoms with Gasteiger partial charge in [-0.25, -0.2) is 0 Å². The summed E-state index contributed by atoms with van der Waals surface area (Å²) in [6.45, 7) is 5.02. The molecule has 5 nitrogen and oxygen atoms in total. The Labute approximate surface area is 165 Å². The fourth-order valence-electron chi connectivity index (χ4n) is 3.35. The van der Waals surface area contributed by atoms with E-state index in [1.165, 1.54) is 0 Å². The summed E-state index contributed by atoms with van der Waals surface area (Å²) in [5.41, 5.74) is 4.54. The number of ether oxygens (including phenoxy) is 2. The van der Waals surface area contributed by atoms with Crippen molar-refractivity contribution in [1.29, 1.82) is 0 Å². The molecule has 2 heterocycles. The first-order valence-electron chi connectivity index (χ1n) is 8.77. The molecule has 2 aromatic carbocycles. The summed E-state index contributed by atoms with van der Waals surface area (Å²) < 4.78 is 11.9. The molecule has 27 heavy (non-hydrogen) atoms. The van der Waals surface area contributed by atoms with Crippen molar-refractivity contribution in [2.75, 3.05) is 18.5 Å². The summed E-state index contributed by atoms with van der Waals surface area (Å²) in [5, 5.41) is 4.04. The van der Waals surface area contributed by atoms with Gasteiger partial charge in [-0.15, -0.1) is 0 Å². The van der Waals surface area contributed by atoms with E-state index in [4.69, 9.17) is 9.47 Å². The number of anilines is 1. The van der Waals surface area contributed by atoms with Gasteiger partial charge in [0, 0.05) is 27.7 Å². The highest BCUT2D eigenvalue weighted by Gasteiger charge is 2.18. The van der Waals surface area contributed by atoms with Crippen molar-refractivity contribution in [2.24, 2.45) is 0 Å². The van der Waals surface area contributed by atoms with Gasteiger partial charge >= 0.3 is 0 Å². The normalized spacial score (nSPS) is 12.9. The van der Waals surface area contributed by atoms with Crippen molar-refractivity contribution in [3.05, 3.63) is 57.7 Å². The molecule has 1 aromatic heterocycles. The summed E-state index contributed by atoms with van der Waals surface area (Å²) in [7, 11) is 0. The highest BCUT2D eigenvalue weighted by molar-refractivity contribution is 9.10. The van der Waals surface area contributed by atoms with E-state index in [0.717, 1.165) is 32.2 Å². The number of amides is 1. The number of aromatic nitrogens is 1. The van der Waals surface area contributed by atoms with Crippen molar-refractivity contribution in [1.82, 2.24) is 4.98 Å². The topological polar surface area (TPSA) is 60.5 Å². The molecular weight excluding hydrogens is 408 g/mol. The van der Waals surface area contributed by atoms with Gasteiger partial charge in [-0.05, 0) is 47.0 Å². The highest BCUT2D eigenvalue weighted by atomic mass is 79.9. The van der Waals surface area contributed by atoms with Crippen molar-refractivity contribution < 1.29 is 14.3 Å². The largest absolute Gasteiger partial charge is 0.486 e. The van der Waals surface area contributed by atoms with E-state index in [0.29, 0.717) is 30.4 Å². The zero-order valence-electron chi connectivity index (χ0n) is 15.1. The Morgan fingerprint density at radius 1 is 1.15 bits per heavy atom. The SMILES string of the molecule is Cc1nc2ccccc2c(C)c1CC(=O)Nc1cc2c(cc1Br)OCCO2. The summed E-state index contributed by atoms with van der Waals surface area (Å²) in [5.74, 6) is 1.21. The quantitative estimate of drug-likeness (QED) is 0.666. The van der Waals surface area contributed by atoms with E-state index in [9.17, 15) is 4.79 Å². The fourth-order valence-corrected chi connectivity index (χ4v) is 3.77. The second kappa shape index (κ2) is 7.19. The second-order valence-corrected chi connectivity index (χ2v) is 7.37. The molecule has 6 heteroatoms. The van der Waals surface area contributed by atoms with Crippen LogP contribution in [0.5, 0.6) is 11.5 Å². The molecule has 0 atom stereocenters. The molecule has 1 N–H and O–H groups in total. The van der Waals surface area contributed by atoms with Crippen LogP contribution in [-0.2, 0) is 11.2 Å². The van der Waals surface area contributed by atoms with Gasteiger partial charge in [0.2, 0.25) is 5.91 Å². The Morgan fingerprint density at radius 2 is 1.85 bits per heavy atom. The number of halogens is 1. The molecule has 0 unspecified atom stereocenters. The van der Waals surface area contributed by atoms with Crippen molar-refractivity contribution in [3.63, 3.8) is 0 Å². The van der Waals surface area contributed by atoms with Crippen LogP contribution in [0.1, 0.15) is 16.8 Å². The van der Waals surface area contributed by atoms with Crippen LogP contribution in [0.4, 0.5) is 5.69 Å². The lowest BCUT2D eigenvalue weighted by atomic mass is 9.99. The number of hydrogen-bond acceptors (Lipinski definition) is 4. The molecule has 0 fully saturated rings. The Kier molecular flexibility index (Phi) is 4.74. The van der Waals surface area contributed by atoms with Crippen molar-refractivity contribution in [3.8, 4) is 11.5 Å². The number of carbonyl (C=O) groups excluding carboxylic acids is 1. The van der Waals surface area contributed by atoms with Crippen LogP contribution in [0.3, 0.4) is 0 Å². The number of aryl methyl sites for hydroxylation is 2. The van der Waals surface area contributed by atoms with E-state index in [1.807, 2.05) is 44.2 Å². The molecule has 4 rings (SSSR count). The molecule has 0 saturated carbocycles. The first-order chi connectivity index (χ1) is 13.0. The van der Waals surface area contributed by atoms with Crippen LogP contribution < -0.4 is 14.8 Å². The molecule has 0 saturated heterocycles. The fraction of sp³-hybridized carbons (Fsp3) is 0.238. The Hall–Kier alpha value is -2.60. The minimum Gasteiger partial charge on any atom is -0.486 e. The van der Waals surface area contributed by atoms with Gasteiger partial charge in [0.25, 0.3) is 0 Å². The van der Waals surface area contributed by atoms with Crippen LogP contribution in [-0.4, -0.2) is 24.1 Å². The third-order valence-corrected chi connectivity index (χ3v) is 5.38. The van der Waals surface area contributed by atoms with Gasteiger partial charge in [-0.2, -0.15) is 0 Å². The number of nitrogens with zero attached hydrogens (tertiary/aromatic N) is 1. The minimum absolute atomic E-state index is 0.101. The lowest BCUT2D eigenvalue weighted by Crippen LogP contribution is -2.18. The second-order valence-electron chi connectivity index (χ2n) is 6.52. The number of benzene rings is 2. The van der Waals surface area contributed by atoms with Crippen molar-refractivity contribution >= 4 is 38.4 Å². The average molecular weight is 427 g/mol. The summed E-state index contributed by atoms with van der Waals surface area (Å²) in [6.07, 6.45) is 0.260. The summed E-state index contributed by atoms with van der Waals surface area (Å²) in [4.78, 5) is 17.4. The number of carbonyl (C=O) groups is 1. The summed E-state index contributed by atoms with van der Waals surface area (Å²) >= 11 is 3.49. The van der Waals surface area contributed by atoms with Crippen LogP contribution in [0.25, 0.3) is 10.9 Å². The lowest BCUT2D eigenvalue weighted by molar-refractivity contribution is -0.115. The van der Waals surface area contributed by atoms with Gasteiger partial charge in [-0.3, -0.25) is 9.78 Å². The van der Waals surface area contributed by atoms with Crippen LogP contribution in [0.15, 0.2) is 40.9 Å². The average Bonchev–Trinajstić information content (AvgIpc) is 2.66. The first kappa shape index (κ1) is 17.8. The van der Waals surface area contributed by atoms with E-state index < -0.39 is 0 Å². The molecule has 1 aliphatic heterocycles. The number of pyridine rings is 1. The molecule has 0 aliphatic carbocycles. The van der Waals surface area contributed by atoms with Gasteiger partial charge in [0.1, 0.15) is 13.2 Å². The molecule has 0 bridgehead atoms. The first-order valence-corrected chi connectivity index (χ1v) is 9.56. The molecule has 1 aliphatic rings. The maximum atomic E-state index is 12.7. The third-order valence-electron chi connectivity index (χ3n) is 4.73. The molecule has 1 amide bonds. The smallest absolute Gasteiger partial charge is 0.228 e. The van der Waals surface area contributed by atoms with E-state index in [2.05, 4.69) is 26.2 Å². The number of para-hydroxylation sites is 1. The van der Waals surface area contributed by atoms with E-state index >= 15 is 0 Å². The van der Waals surface area contributed by atoms with Crippen LogP contribution in [0, 0.1) is 13.8 Å². The zero-order valence-corrected chi connectivity index (χ0v) is 16.7. The highest BCUT2D eigenvalue weighted by Crippen LogP contribution is 2.38. The van der Waals surface area contributed by atoms with Gasteiger partial charge in [-0.1, -0.05) is 18.2 Å². The Morgan fingerprint density at radius 3 is 2.63 bits per heavy atom. The minimum atomic E-state index is -0.101. The number of nitrogens with one attached hydrogen (secondary N) is 1. The predicted molar refractivity (Wildman–Crippen MR) is 109 cm³/mol. The number of fused-ring (bicyclic) bond motifs is 2. The Bertz CT molecular complexity index is 1050. The number of hydrogen-bond donors (Lipinski definition) is 1. The van der Waals surface area contributed by atoms with Crippen LogP contribution >= 0.6 is 15.9 Å². The number of rotatable bonds is 3. The molecule has 0 spiro atoms. The maximum absolute atomic E-state index is 12.7. The zero-order chi connectivity index (χ0) is 19.0. The lowest BCUT2D eigenvalue weighted by Gasteiger charge is -2.20. The van der Waals surface area contributed by atoms with Crippen molar-refractivity contribution in [2.45, 2.75) is 20.3 Å². The van der Waals surface area contributed by atoms with E-state index in [1.54, 1.807) is 6.07 Å².